The third kappa shape index (κ3) is 3.20. The first-order chi connectivity index (χ1) is 6.98. The van der Waals surface area contributed by atoms with E-state index in [1.807, 2.05) is 26.8 Å². The van der Waals surface area contributed by atoms with E-state index in [-0.39, 0.29) is 12.2 Å². The number of pyridine rings is 1. The minimum absolute atomic E-state index is 0.0241. The first-order valence-corrected chi connectivity index (χ1v) is 5.25. The van der Waals surface area contributed by atoms with Crippen molar-refractivity contribution in [2.45, 2.75) is 46.3 Å². The summed E-state index contributed by atoms with van der Waals surface area (Å²) in [6.07, 6.45) is 0.926. The molecular formula is C12H19NO2. The summed E-state index contributed by atoms with van der Waals surface area (Å²) in [6, 6.07) is 3.65. The standard InChI is InChI=1S/C12H19NO2/c1-5-12(3,4)15-11-7-6-10(8-14)9(2)13-11/h6-7,14H,5,8H2,1-4H3. The predicted octanol–water partition coefficient (Wildman–Crippen LogP) is 2.45. The Hall–Kier alpha value is -1.09. The molecule has 0 aromatic carbocycles. The average Bonchev–Trinajstić information content (AvgIpc) is 2.17. The van der Waals surface area contributed by atoms with E-state index in [2.05, 4.69) is 11.9 Å². The van der Waals surface area contributed by atoms with Crippen LogP contribution in [0, 0.1) is 6.92 Å². The molecule has 0 unspecified atom stereocenters. The zero-order chi connectivity index (χ0) is 11.5. The number of aryl methyl sites for hydroxylation is 1. The van der Waals surface area contributed by atoms with Gasteiger partial charge in [0, 0.05) is 11.8 Å². The molecule has 1 aromatic rings. The fraction of sp³-hybridized carbons (Fsp3) is 0.583. The zero-order valence-corrected chi connectivity index (χ0v) is 9.87. The van der Waals surface area contributed by atoms with Gasteiger partial charge in [-0.2, -0.15) is 0 Å². The van der Waals surface area contributed by atoms with Crippen LogP contribution >= 0.6 is 0 Å². The largest absolute Gasteiger partial charge is 0.472 e. The van der Waals surface area contributed by atoms with Crippen LogP contribution in [0.25, 0.3) is 0 Å². The molecule has 1 aromatic heterocycles. The molecule has 0 bridgehead atoms. The fourth-order valence-corrected chi connectivity index (χ4v) is 1.15. The molecule has 1 rings (SSSR count). The molecule has 15 heavy (non-hydrogen) atoms. The first kappa shape index (κ1) is 12.0. The van der Waals surface area contributed by atoms with Gasteiger partial charge in [-0.25, -0.2) is 4.98 Å². The minimum atomic E-state index is -0.194. The Morgan fingerprint density at radius 3 is 2.53 bits per heavy atom. The Labute approximate surface area is 91.1 Å². The van der Waals surface area contributed by atoms with Gasteiger partial charge in [0.05, 0.1) is 6.61 Å². The van der Waals surface area contributed by atoms with Gasteiger partial charge in [-0.15, -0.1) is 0 Å². The number of aliphatic hydroxyl groups is 1. The Morgan fingerprint density at radius 1 is 1.40 bits per heavy atom. The molecule has 3 heteroatoms. The number of aliphatic hydroxyl groups excluding tert-OH is 1. The number of aromatic nitrogens is 1. The van der Waals surface area contributed by atoms with Gasteiger partial charge in [0.2, 0.25) is 5.88 Å². The maximum atomic E-state index is 9.01. The van der Waals surface area contributed by atoms with Gasteiger partial charge in [0.1, 0.15) is 5.60 Å². The second-order valence-corrected chi connectivity index (χ2v) is 4.27. The van der Waals surface area contributed by atoms with E-state index in [0.717, 1.165) is 17.7 Å². The molecule has 0 saturated heterocycles. The van der Waals surface area contributed by atoms with Gasteiger partial charge in [0.15, 0.2) is 0 Å². The highest BCUT2D eigenvalue weighted by Gasteiger charge is 2.17. The molecule has 0 aliphatic carbocycles. The van der Waals surface area contributed by atoms with Gasteiger partial charge in [-0.1, -0.05) is 6.92 Å². The van der Waals surface area contributed by atoms with Crippen molar-refractivity contribution in [3.63, 3.8) is 0 Å². The Balaban J connectivity index is 2.84. The van der Waals surface area contributed by atoms with Crippen molar-refractivity contribution in [3.8, 4) is 5.88 Å². The molecule has 1 heterocycles. The van der Waals surface area contributed by atoms with Gasteiger partial charge >= 0.3 is 0 Å². The van der Waals surface area contributed by atoms with Crippen molar-refractivity contribution in [1.82, 2.24) is 4.98 Å². The van der Waals surface area contributed by atoms with Crippen LogP contribution in [-0.2, 0) is 6.61 Å². The highest BCUT2D eigenvalue weighted by atomic mass is 16.5. The van der Waals surface area contributed by atoms with Crippen LogP contribution in [0.3, 0.4) is 0 Å². The van der Waals surface area contributed by atoms with E-state index in [1.165, 1.54) is 0 Å². The van der Waals surface area contributed by atoms with Crippen LogP contribution in [-0.4, -0.2) is 15.7 Å². The molecule has 3 nitrogen and oxygen atoms in total. The van der Waals surface area contributed by atoms with Gasteiger partial charge in [0.25, 0.3) is 0 Å². The van der Waals surface area contributed by atoms with Crippen LogP contribution in [0.5, 0.6) is 5.88 Å². The van der Waals surface area contributed by atoms with E-state index in [0.29, 0.717) is 5.88 Å². The highest BCUT2D eigenvalue weighted by molar-refractivity contribution is 5.24. The Kier molecular flexibility index (Phi) is 3.69. The molecule has 0 radical (unpaired) electrons. The van der Waals surface area contributed by atoms with Crippen molar-refractivity contribution in [2.24, 2.45) is 0 Å². The maximum absolute atomic E-state index is 9.01. The molecule has 84 valence electrons. The summed E-state index contributed by atoms with van der Waals surface area (Å²) in [5.74, 6) is 0.622. The molecule has 0 aliphatic rings. The second kappa shape index (κ2) is 4.62. The average molecular weight is 209 g/mol. The summed E-state index contributed by atoms with van der Waals surface area (Å²) < 4.78 is 5.74. The molecular weight excluding hydrogens is 190 g/mol. The van der Waals surface area contributed by atoms with E-state index in [4.69, 9.17) is 9.84 Å². The summed E-state index contributed by atoms with van der Waals surface area (Å²) in [4.78, 5) is 4.29. The quantitative estimate of drug-likeness (QED) is 0.828. The van der Waals surface area contributed by atoms with Crippen molar-refractivity contribution >= 4 is 0 Å². The Bertz CT molecular complexity index is 334. The third-order valence-corrected chi connectivity index (χ3v) is 2.57. The van der Waals surface area contributed by atoms with Crippen LogP contribution in [0.15, 0.2) is 12.1 Å². The predicted molar refractivity (Wildman–Crippen MR) is 59.9 cm³/mol. The molecule has 0 aliphatic heterocycles. The number of hydrogen-bond acceptors (Lipinski definition) is 3. The number of nitrogens with zero attached hydrogens (tertiary/aromatic N) is 1. The summed E-state index contributed by atoms with van der Waals surface area (Å²) >= 11 is 0. The van der Waals surface area contributed by atoms with Crippen LogP contribution in [0.2, 0.25) is 0 Å². The summed E-state index contributed by atoms with van der Waals surface area (Å²) in [6.45, 7) is 8.04. The van der Waals surface area contributed by atoms with Crippen molar-refractivity contribution < 1.29 is 9.84 Å². The van der Waals surface area contributed by atoms with Crippen molar-refractivity contribution in [2.75, 3.05) is 0 Å². The summed E-state index contributed by atoms with van der Waals surface area (Å²) in [5, 5.41) is 9.01. The van der Waals surface area contributed by atoms with Crippen molar-refractivity contribution in [1.29, 1.82) is 0 Å². The van der Waals surface area contributed by atoms with Gasteiger partial charge < -0.3 is 9.84 Å². The maximum Gasteiger partial charge on any atom is 0.213 e. The molecule has 0 spiro atoms. The third-order valence-electron chi connectivity index (χ3n) is 2.57. The smallest absolute Gasteiger partial charge is 0.213 e. The van der Waals surface area contributed by atoms with Crippen LogP contribution < -0.4 is 4.74 Å². The minimum Gasteiger partial charge on any atom is -0.472 e. The van der Waals surface area contributed by atoms with Crippen LogP contribution in [0.1, 0.15) is 38.4 Å². The fourth-order valence-electron chi connectivity index (χ4n) is 1.15. The Morgan fingerprint density at radius 2 is 2.07 bits per heavy atom. The van der Waals surface area contributed by atoms with E-state index < -0.39 is 0 Å². The molecule has 0 fully saturated rings. The lowest BCUT2D eigenvalue weighted by Gasteiger charge is -2.24. The van der Waals surface area contributed by atoms with Crippen LogP contribution in [0.4, 0.5) is 0 Å². The highest BCUT2D eigenvalue weighted by Crippen LogP contribution is 2.20. The molecule has 0 amide bonds. The van der Waals surface area contributed by atoms with E-state index >= 15 is 0 Å². The topological polar surface area (TPSA) is 42.4 Å². The SMILES string of the molecule is CCC(C)(C)Oc1ccc(CO)c(C)n1. The molecule has 0 atom stereocenters. The summed E-state index contributed by atoms with van der Waals surface area (Å²) in [5.41, 5.74) is 1.47. The molecule has 0 saturated carbocycles. The van der Waals surface area contributed by atoms with Gasteiger partial charge in [-0.05, 0) is 38.8 Å². The number of rotatable bonds is 4. The van der Waals surface area contributed by atoms with E-state index in [1.54, 1.807) is 6.07 Å². The number of ether oxygens (including phenoxy) is 1. The van der Waals surface area contributed by atoms with E-state index in [9.17, 15) is 0 Å². The second-order valence-electron chi connectivity index (χ2n) is 4.27. The molecule has 1 N–H and O–H groups in total. The van der Waals surface area contributed by atoms with Crippen molar-refractivity contribution in [3.05, 3.63) is 23.4 Å². The summed E-state index contributed by atoms with van der Waals surface area (Å²) in [7, 11) is 0. The monoisotopic (exact) mass is 209 g/mol. The number of hydrogen-bond donors (Lipinski definition) is 1. The first-order valence-electron chi connectivity index (χ1n) is 5.25. The lowest BCUT2D eigenvalue weighted by Crippen LogP contribution is -2.27. The lowest BCUT2D eigenvalue weighted by atomic mass is 10.1. The lowest BCUT2D eigenvalue weighted by molar-refractivity contribution is 0.0987. The van der Waals surface area contributed by atoms with Gasteiger partial charge in [-0.3, -0.25) is 0 Å². The normalized spacial score (nSPS) is 11.5. The zero-order valence-electron chi connectivity index (χ0n) is 9.87.